The third-order valence-electron chi connectivity index (χ3n) is 1.60. The fourth-order valence-electron chi connectivity index (χ4n) is 0.869. The van der Waals surface area contributed by atoms with Crippen LogP contribution in [-0.4, -0.2) is 42.1 Å². The first-order valence-corrected chi connectivity index (χ1v) is 5.33. The molecule has 1 heterocycles. The van der Waals surface area contributed by atoms with Crippen molar-refractivity contribution in [2.45, 2.75) is 0 Å². The van der Waals surface area contributed by atoms with Crippen molar-refractivity contribution in [2.75, 3.05) is 32.5 Å². The van der Waals surface area contributed by atoms with Gasteiger partial charge in [0.2, 0.25) is 0 Å². The van der Waals surface area contributed by atoms with Gasteiger partial charge in [-0.2, -0.15) is 0 Å². The van der Waals surface area contributed by atoms with Crippen LogP contribution in [0.5, 0.6) is 0 Å². The lowest BCUT2D eigenvalue weighted by atomic mass is 10.5. The van der Waals surface area contributed by atoms with E-state index >= 15 is 0 Å². The second-order valence-corrected chi connectivity index (χ2v) is 4.21. The minimum Gasteiger partial charge on any atom is -0.368 e. The molecule has 0 aliphatic heterocycles. The predicted octanol–water partition coefficient (Wildman–Crippen LogP) is 1.87. The summed E-state index contributed by atoms with van der Waals surface area (Å²) >= 11 is 9.12. The highest BCUT2D eigenvalue weighted by Crippen LogP contribution is 2.25. The normalized spacial score (nSPS) is 10.6. The topological polar surface area (TPSA) is 41.0 Å². The molecule has 78 valence electrons. The van der Waals surface area contributed by atoms with E-state index in [1.807, 2.05) is 14.1 Å². The summed E-state index contributed by atoms with van der Waals surface area (Å²) in [4.78, 5) is 9.99. The number of rotatable bonds is 4. The van der Waals surface area contributed by atoms with Crippen molar-refractivity contribution in [1.82, 2.24) is 14.9 Å². The van der Waals surface area contributed by atoms with Crippen LogP contribution in [0.2, 0.25) is 5.15 Å². The highest BCUT2D eigenvalue weighted by Gasteiger charge is 2.05. The molecule has 1 rings (SSSR count). The molecule has 0 fully saturated rings. The first kappa shape index (κ1) is 11.7. The number of halogens is 2. The fourth-order valence-corrected chi connectivity index (χ4v) is 1.35. The molecule has 6 heteroatoms. The van der Waals surface area contributed by atoms with Gasteiger partial charge in [-0.25, -0.2) is 9.97 Å². The van der Waals surface area contributed by atoms with Gasteiger partial charge < -0.3 is 10.2 Å². The Morgan fingerprint density at radius 1 is 1.50 bits per heavy atom. The molecule has 1 aromatic heterocycles. The molecule has 0 bridgehead atoms. The van der Waals surface area contributed by atoms with Crippen molar-refractivity contribution in [3.8, 4) is 0 Å². The third-order valence-corrected chi connectivity index (χ3v) is 2.86. The third kappa shape index (κ3) is 3.40. The van der Waals surface area contributed by atoms with Crippen LogP contribution in [-0.2, 0) is 0 Å². The molecule has 0 aliphatic rings. The quantitative estimate of drug-likeness (QED) is 0.854. The number of hydrogen-bond donors (Lipinski definition) is 1. The molecule has 1 aromatic rings. The van der Waals surface area contributed by atoms with Gasteiger partial charge in [0.15, 0.2) is 0 Å². The van der Waals surface area contributed by atoms with Gasteiger partial charge in [0.25, 0.3) is 0 Å². The zero-order chi connectivity index (χ0) is 10.6. The predicted molar refractivity (Wildman–Crippen MR) is 61.8 cm³/mol. The molecule has 0 saturated heterocycles. The molecular formula is C8H12BrClN4. The average Bonchev–Trinajstić information content (AvgIpc) is 2.12. The molecule has 0 amide bonds. The first-order chi connectivity index (χ1) is 6.61. The van der Waals surface area contributed by atoms with E-state index in [0.717, 1.165) is 18.9 Å². The molecule has 4 nitrogen and oxygen atoms in total. The summed E-state index contributed by atoms with van der Waals surface area (Å²) < 4.78 is 0.709. The standard InChI is InChI=1S/C8H12BrClN4/c1-14(2)4-3-11-8-6(9)7(10)12-5-13-8/h5H,3-4H2,1-2H3,(H,11,12,13). The maximum Gasteiger partial charge on any atom is 0.148 e. The van der Waals surface area contributed by atoms with Crippen molar-refractivity contribution in [3.05, 3.63) is 16.0 Å². The number of nitrogens with zero attached hydrogens (tertiary/aromatic N) is 3. The smallest absolute Gasteiger partial charge is 0.148 e. The van der Waals surface area contributed by atoms with Gasteiger partial charge in [-0.05, 0) is 30.0 Å². The monoisotopic (exact) mass is 278 g/mol. The molecule has 0 spiro atoms. The minimum absolute atomic E-state index is 0.423. The summed E-state index contributed by atoms with van der Waals surface area (Å²) in [7, 11) is 4.04. The average molecular weight is 280 g/mol. The van der Waals surface area contributed by atoms with Crippen LogP contribution in [0.1, 0.15) is 0 Å². The SMILES string of the molecule is CN(C)CCNc1ncnc(Cl)c1Br. The van der Waals surface area contributed by atoms with E-state index in [4.69, 9.17) is 11.6 Å². The molecule has 0 aliphatic carbocycles. The minimum atomic E-state index is 0.423. The molecular weight excluding hydrogens is 267 g/mol. The van der Waals surface area contributed by atoms with Gasteiger partial charge in [0.1, 0.15) is 17.3 Å². The lowest BCUT2D eigenvalue weighted by molar-refractivity contribution is 0.425. The lowest BCUT2D eigenvalue weighted by Gasteiger charge is -2.11. The van der Waals surface area contributed by atoms with Crippen LogP contribution >= 0.6 is 27.5 Å². The summed E-state index contributed by atoms with van der Waals surface area (Å²) in [5.74, 6) is 0.729. The van der Waals surface area contributed by atoms with E-state index in [-0.39, 0.29) is 0 Å². The Bertz CT molecular complexity index is 305. The summed E-state index contributed by atoms with van der Waals surface area (Å²) in [6, 6.07) is 0. The Labute approximate surface area is 96.8 Å². The maximum absolute atomic E-state index is 5.81. The van der Waals surface area contributed by atoms with E-state index in [1.54, 1.807) is 0 Å². The van der Waals surface area contributed by atoms with E-state index in [2.05, 4.69) is 36.1 Å². The number of hydrogen-bond acceptors (Lipinski definition) is 4. The van der Waals surface area contributed by atoms with Crippen LogP contribution in [0.25, 0.3) is 0 Å². The highest BCUT2D eigenvalue weighted by molar-refractivity contribution is 9.10. The van der Waals surface area contributed by atoms with Crippen molar-refractivity contribution in [3.63, 3.8) is 0 Å². The van der Waals surface area contributed by atoms with Gasteiger partial charge in [-0.15, -0.1) is 0 Å². The van der Waals surface area contributed by atoms with Crippen LogP contribution in [0.3, 0.4) is 0 Å². The number of anilines is 1. The summed E-state index contributed by atoms with van der Waals surface area (Å²) in [6.07, 6.45) is 1.44. The van der Waals surface area contributed by atoms with Gasteiger partial charge in [0, 0.05) is 13.1 Å². The van der Waals surface area contributed by atoms with Crippen LogP contribution in [0.4, 0.5) is 5.82 Å². The maximum atomic E-state index is 5.81. The zero-order valence-corrected chi connectivity index (χ0v) is 10.4. The lowest BCUT2D eigenvalue weighted by Crippen LogP contribution is -2.21. The van der Waals surface area contributed by atoms with Crippen LogP contribution < -0.4 is 5.32 Å². The van der Waals surface area contributed by atoms with Crippen molar-refractivity contribution >= 4 is 33.3 Å². The molecule has 0 radical (unpaired) electrons. The van der Waals surface area contributed by atoms with E-state index < -0.39 is 0 Å². The second kappa shape index (κ2) is 5.48. The summed E-state index contributed by atoms with van der Waals surface area (Å²) in [6.45, 7) is 1.76. The Kier molecular flexibility index (Phi) is 4.57. The molecule has 0 aromatic carbocycles. The van der Waals surface area contributed by atoms with Gasteiger partial charge in [0.05, 0.1) is 4.47 Å². The first-order valence-electron chi connectivity index (χ1n) is 4.16. The molecule has 0 unspecified atom stereocenters. The number of likely N-dealkylation sites (N-methyl/N-ethyl adjacent to an activating group) is 1. The largest absolute Gasteiger partial charge is 0.368 e. The Morgan fingerprint density at radius 2 is 2.21 bits per heavy atom. The van der Waals surface area contributed by atoms with Crippen molar-refractivity contribution in [2.24, 2.45) is 0 Å². The molecule has 1 N–H and O–H groups in total. The zero-order valence-electron chi connectivity index (χ0n) is 8.09. The highest BCUT2D eigenvalue weighted by atomic mass is 79.9. The van der Waals surface area contributed by atoms with E-state index in [0.29, 0.717) is 9.63 Å². The second-order valence-electron chi connectivity index (χ2n) is 3.06. The fraction of sp³-hybridized carbons (Fsp3) is 0.500. The van der Waals surface area contributed by atoms with Gasteiger partial charge >= 0.3 is 0 Å². The van der Waals surface area contributed by atoms with Crippen LogP contribution in [0.15, 0.2) is 10.8 Å². The Balaban J connectivity index is 2.54. The van der Waals surface area contributed by atoms with Crippen molar-refractivity contribution < 1.29 is 0 Å². The van der Waals surface area contributed by atoms with Gasteiger partial charge in [-0.3, -0.25) is 0 Å². The van der Waals surface area contributed by atoms with E-state index in [1.165, 1.54) is 6.33 Å². The number of aromatic nitrogens is 2. The van der Waals surface area contributed by atoms with E-state index in [9.17, 15) is 0 Å². The van der Waals surface area contributed by atoms with Gasteiger partial charge in [-0.1, -0.05) is 11.6 Å². The summed E-state index contributed by atoms with van der Waals surface area (Å²) in [5, 5.41) is 3.58. The molecule has 0 saturated carbocycles. The Morgan fingerprint density at radius 3 is 2.86 bits per heavy atom. The summed E-state index contributed by atoms with van der Waals surface area (Å²) in [5.41, 5.74) is 0. The Hall–Kier alpha value is -0.390. The van der Waals surface area contributed by atoms with Crippen LogP contribution in [0, 0.1) is 0 Å². The van der Waals surface area contributed by atoms with Crippen molar-refractivity contribution in [1.29, 1.82) is 0 Å². The molecule has 0 atom stereocenters. The number of nitrogens with one attached hydrogen (secondary N) is 1. The molecule has 14 heavy (non-hydrogen) atoms.